The fraction of sp³-hybridized carbons (Fsp3) is 0.300. The van der Waals surface area contributed by atoms with Crippen LogP contribution in [-0.2, 0) is 9.53 Å². The van der Waals surface area contributed by atoms with Gasteiger partial charge in [-0.05, 0) is 17.7 Å². The zero-order chi connectivity index (χ0) is 10.6. The number of methoxy groups -OCH3 is 2. The molecular formula is C10H11FO3. The van der Waals surface area contributed by atoms with Crippen molar-refractivity contribution in [1.29, 1.82) is 0 Å². The van der Waals surface area contributed by atoms with E-state index in [1.54, 1.807) is 12.1 Å². The fourth-order valence-electron chi connectivity index (χ4n) is 1.01. The summed E-state index contributed by atoms with van der Waals surface area (Å²) in [5.74, 6) is -0.277. The van der Waals surface area contributed by atoms with Crippen molar-refractivity contribution in [3.63, 3.8) is 0 Å². The van der Waals surface area contributed by atoms with Crippen LogP contribution in [0.2, 0.25) is 0 Å². The Hall–Kier alpha value is -1.58. The highest BCUT2D eigenvalue weighted by Gasteiger charge is 2.19. The van der Waals surface area contributed by atoms with Crippen LogP contribution in [0.25, 0.3) is 0 Å². The standard InChI is InChI=1S/C10H11FO3/c1-13-8-5-3-7(4-6-8)9(11)10(12)14-2/h3-6,9H,1-2H3. The number of carbonyl (C=O) groups is 1. The normalized spacial score (nSPS) is 11.9. The second-order valence-corrected chi connectivity index (χ2v) is 2.66. The molecule has 0 aliphatic rings. The van der Waals surface area contributed by atoms with Gasteiger partial charge in [-0.15, -0.1) is 0 Å². The zero-order valence-corrected chi connectivity index (χ0v) is 7.99. The number of halogens is 1. The predicted octanol–water partition coefficient (Wildman–Crippen LogP) is 1.88. The van der Waals surface area contributed by atoms with Crippen molar-refractivity contribution >= 4 is 5.97 Å². The minimum atomic E-state index is -1.73. The Kier molecular flexibility index (Phi) is 3.45. The first-order chi connectivity index (χ1) is 6.69. The van der Waals surface area contributed by atoms with Gasteiger partial charge in [0.1, 0.15) is 5.75 Å². The Morgan fingerprint density at radius 3 is 2.29 bits per heavy atom. The highest BCUT2D eigenvalue weighted by atomic mass is 19.1. The summed E-state index contributed by atoms with van der Waals surface area (Å²) in [6.45, 7) is 0. The van der Waals surface area contributed by atoms with Gasteiger partial charge >= 0.3 is 5.97 Å². The molecule has 0 saturated carbocycles. The molecule has 3 nitrogen and oxygen atoms in total. The zero-order valence-electron chi connectivity index (χ0n) is 7.99. The summed E-state index contributed by atoms with van der Waals surface area (Å²) < 4.78 is 22.4. The molecule has 0 aliphatic heterocycles. The van der Waals surface area contributed by atoms with Crippen molar-refractivity contribution in [3.8, 4) is 5.75 Å². The number of benzene rings is 1. The summed E-state index contributed by atoms with van der Waals surface area (Å²) >= 11 is 0. The van der Waals surface area contributed by atoms with Crippen molar-refractivity contribution < 1.29 is 18.7 Å². The molecule has 0 fully saturated rings. The third-order valence-electron chi connectivity index (χ3n) is 1.82. The van der Waals surface area contributed by atoms with Gasteiger partial charge in [-0.25, -0.2) is 9.18 Å². The van der Waals surface area contributed by atoms with E-state index in [2.05, 4.69) is 4.74 Å². The first-order valence-electron chi connectivity index (χ1n) is 4.05. The molecular weight excluding hydrogens is 187 g/mol. The van der Waals surface area contributed by atoms with Crippen LogP contribution in [0.1, 0.15) is 11.7 Å². The van der Waals surface area contributed by atoms with Gasteiger partial charge in [-0.1, -0.05) is 12.1 Å². The number of rotatable bonds is 3. The van der Waals surface area contributed by atoms with Gasteiger partial charge in [0.15, 0.2) is 0 Å². The Labute approximate surface area is 81.4 Å². The number of hydrogen-bond acceptors (Lipinski definition) is 3. The minimum Gasteiger partial charge on any atom is -0.497 e. The molecule has 0 aromatic heterocycles. The predicted molar refractivity (Wildman–Crippen MR) is 48.9 cm³/mol. The van der Waals surface area contributed by atoms with E-state index in [1.807, 2.05) is 0 Å². The Morgan fingerprint density at radius 1 is 1.29 bits per heavy atom. The van der Waals surface area contributed by atoms with E-state index >= 15 is 0 Å². The van der Waals surface area contributed by atoms with Crippen LogP contribution in [0.4, 0.5) is 4.39 Å². The van der Waals surface area contributed by atoms with Gasteiger partial charge in [0, 0.05) is 0 Å². The summed E-state index contributed by atoms with van der Waals surface area (Å²) in [6.07, 6.45) is -1.73. The van der Waals surface area contributed by atoms with E-state index in [1.165, 1.54) is 19.2 Å². The molecule has 14 heavy (non-hydrogen) atoms. The lowest BCUT2D eigenvalue weighted by atomic mass is 10.1. The first kappa shape index (κ1) is 10.5. The number of esters is 1. The lowest BCUT2D eigenvalue weighted by Crippen LogP contribution is -2.09. The van der Waals surface area contributed by atoms with E-state index in [0.29, 0.717) is 5.75 Å². The molecule has 0 spiro atoms. The summed E-state index contributed by atoms with van der Waals surface area (Å²) in [5, 5.41) is 0. The fourth-order valence-corrected chi connectivity index (χ4v) is 1.01. The van der Waals surface area contributed by atoms with Crippen LogP contribution in [0.5, 0.6) is 5.75 Å². The molecule has 76 valence electrons. The molecule has 1 unspecified atom stereocenters. The monoisotopic (exact) mass is 198 g/mol. The topological polar surface area (TPSA) is 35.5 Å². The van der Waals surface area contributed by atoms with Crippen molar-refractivity contribution in [3.05, 3.63) is 29.8 Å². The van der Waals surface area contributed by atoms with Crippen LogP contribution in [0, 0.1) is 0 Å². The summed E-state index contributed by atoms with van der Waals surface area (Å²) in [4.78, 5) is 10.8. The summed E-state index contributed by atoms with van der Waals surface area (Å²) in [7, 11) is 2.67. The van der Waals surface area contributed by atoms with Gasteiger partial charge in [0.05, 0.1) is 14.2 Å². The summed E-state index contributed by atoms with van der Waals surface area (Å²) in [5.41, 5.74) is 0.262. The van der Waals surface area contributed by atoms with Crippen LogP contribution in [0.15, 0.2) is 24.3 Å². The molecule has 0 amide bonds. The van der Waals surface area contributed by atoms with Crippen molar-refractivity contribution in [2.75, 3.05) is 14.2 Å². The minimum absolute atomic E-state index is 0.262. The van der Waals surface area contributed by atoms with E-state index < -0.39 is 12.1 Å². The van der Waals surface area contributed by atoms with Crippen LogP contribution >= 0.6 is 0 Å². The number of ether oxygens (including phenoxy) is 2. The lowest BCUT2D eigenvalue weighted by molar-refractivity contribution is -0.146. The maximum atomic E-state index is 13.2. The molecule has 0 N–H and O–H groups in total. The average molecular weight is 198 g/mol. The molecule has 4 heteroatoms. The van der Waals surface area contributed by atoms with Crippen LogP contribution in [-0.4, -0.2) is 20.2 Å². The van der Waals surface area contributed by atoms with Gasteiger partial charge in [0.2, 0.25) is 6.17 Å². The molecule has 0 heterocycles. The molecule has 1 aromatic carbocycles. The quantitative estimate of drug-likeness (QED) is 0.695. The maximum Gasteiger partial charge on any atom is 0.345 e. The largest absolute Gasteiger partial charge is 0.497 e. The molecule has 0 bridgehead atoms. The second-order valence-electron chi connectivity index (χ2n) is 2.66. The molecule has 1 atom stereocenters. The van der Waals surface area contributed by atoms with Crippen molar-refractivity contribution in [1.82, 2.24) is 0 Å². The lowest BCUT2D eigenvalue weighted by Gasteiger charge is -2.06. The highest BCUT2D eigenvalue weighted by molar-refractivity contribution is 5.76. The summed E-state index contributed by atoms with van der Waals surface area (Å²) in [6, 6.07) is 6.15. The van der Waals surface area contributed by atoms with Gasteiger partial charge in [-0.2, -0.15) is 0 Å². The molecule has 1 rings (SSSR count). The van der Waals surface area contributed by atoms with E-state index in [0.717, 1.165) is 7.11 Å². The Balaban J connectivity index is 2.81. The van der Waals surface area contributed by atoms with E-state index in [4.69, 9.17) is 4.74 Å². The maximum absolute atomic E-state index is 13.2. The van der Waals surface area contributed by atoms with Gasteiger partial charge in [0.25, 0.3) is 0 Å². The second kappa shape index (κ2) is 4.60. The number of alkyl halides is 1. The third kappa shape index (κ3) is 2.22. The smallest absolute Gasteiger partial charge is 0.345 e. The van der Waals surface area contributed by atoms with E-state index in [-0.39, 0.29) is 5.56 Å². The first-order valence-corrected chi connectivity index (χ1v) is 4.05. The van der Waals surface area contributed by atoms with E-state index in [9.17, 15) is 9.18 Å². The molecule has 1 aromatic rings. The Morgan fingerprint density at radius 2 is 1.86 bits per heavy atom. The third-order valence-corrected chi connectivity index (χ3v) is 1.82. The van der Waals surface area contributed by atoms with Crippen molar-refractivity contribution in [2.24, 2.45) is 0 Å². The van der Waals surface area contributed by atoms with Crippen LogP contribution in [0.3, 0.4) is 0 Å². The number of carbonyl (C=O) groups excluding carboxylic acids is 1. The average Bonchev–Trinajstić information content (AvgIpc) is 2.27. The van der Waals surface area contributed by atoms with Gasteiger partial charge < -0.3 is 9.47 Å². The Bertz CT molecular complexity index is 308. The molecule has 0 saturated heterocycles. The molecule has 0 radical (unpaired) electrons. The highest BCUT2D eigenvalue weighted by Crippen LogP contribution is 2.21. The SMILES string of the molecule is COC(=O)C(F)c1ccc(OC)cc1. The van der Waals surface area contributed by atoms with Crippen LogP contribution < -0.4 is 4.74 Å². The number of hydrogen-bond donors (Lipinski definition) is 0. The van der Waals surface area contributed by atoms with Gasteiger partial charge in [-0.3, -0.25) is 0 Å². The van der Waals surface area contributed by atoms with Crippen molar-refractivity contribution in [2.45, 2.75) is 6.17 Å². The molecule has 0 aliphatic carbocycles.